The van der Waals surface area contributed by atoms with Gasteiger partial charge in [-0.1, -0.05) is 83.9 Å². The molecule has 0 N–H and O–H groups in total. The van der Waals surface area contributed by atoms with E-state index in [1.54, 1.807) is 7.11 Å². The van der Waals surface area contributed by atoms with Crippen LogP contribution in [0.4, 0.5) is 0 Å². The molecule has 0 spiro atoms. The van der Waals surface area contributed by atoms with Crippen molar-refractivity contribution in [2.45, 2.75) is 77.8 Å². The lowest BCUT2D eigenvalue weighted by molar-refractivity contribution is 0.413. The predicted molar refractivity (Wildman–Crippen MR) is 131 cm³/mol. The lowest BCUT2D eigenvalue weighted by atomic mass is 10.3. The maximum Gasteiger partial charge on any atom is 0.219 e. The van der Waals surface area contributed by atoms with Gasteiger partial charge in [0.25, 0.3) is 0 Å². The van der Waals surface area contributed by atoms with Gasteiger partial charge in [0.1, 0.15) is 11.5 Å². The molecule has 0 aliphatic heterocycles. The summed E-state index contributed by atoms with van der Waals surface area (Å²) in [6, 6.07) is 17.7. The van der Waals surface area contributed by atoms with Crippen molar-refractivity contribution in [2.24, 2.45) is 0 Å². The van der Waals surface area contributed by atoms with Crippen LogP contribution in [0.5, 0.6) is 17.4 Å². The average Bonchev–Trinajstić information content (AvgIpc) is 2.79. The van der Waals surface area contributed by atoms with E-state index in [1.165, 1.54) is 46.6 Å². The van der Waals surface area contributed by atoms with E-state index in [-0.39, 0.29) is 0 Å². The maximum atomic E-state index is 6.67. The third-order valence-electron chi connectivity index (χ3n) is 7.35. The van der Waals surface area contributed by atoms with Gasteiger partial charge in [-0.25, -0.2) is 4.98 Å². The molecular weight excluding hydrogens is 390 g/mol. The lowest BCUT2D eigenvalue weighted by Gasteiger charge is -2.36. The van der Waals surface area contributed by atoms with Crippen LogP contribution >= 0.6 is 0 Å². The number of aromatic nitrogens is 1. The minimum Gasteiger partial charge on any atom is -0.497 e. The van der Waals surface area contributed by atoms with Crippen LogP contribution in [-0.4, -0.2) is 28.2 Å². The molecule has 2 aromatic rings. The normalized spacial score (nSPS) is 12.1. The molecule has 1 aromatic heterocycles. The second-order valence-electron chi connectivity index (χ2n) is 8.00. The molecule has 0 aliphatic carbocycles. The minimum absolute atomic E-state index is 0.692. The number of methoxy groups -OCH3 is 1. The van der Waals surface area contributed by atoms with Crippen LogP contribution in [0, 0.1) is 0 Å². The first kappa shape index (κ1) is 23.7. The summed E-state index contributed by atoms with van der Waals surface area (Å²) < 4.78 is 12.5. The molecule has 3 nitrogen and oxygen atoms in total. The molecular formula is C24H39NO2Si2. The quantitative estimate of drug-likeness (QED) is 0.392. The van der Waals surface area contributed by atoms with E-state index in [2.05, 4.69) is 58.7 Å². The topological polar surface area (TPSA) is 31.4 Å². The van der Waals surface area contributed by atoms with E-state index < -0.39 is 16.1 Å². The van der Waals surface area contributed by atoms with E-state index in [9.17, 15) is 0 Å². The average molecular weight is 430 g/mol. The zero-order chi connectivity index (χ0) is 21.5. The monoisotopic (exact) mass is 429 g/mol. The van der Waals surface area contributed by atoms with Gasteiger partial charge in [0.05, 0.1) is 23.3 Å². The van der Waals surface area contributed by atoms with Crippen LogP contribution in [0.3, 0.4) is 0 Å². The Morgan fingerprint density at radius 3 is 1.59 bits per heavy atom. The van der Waals surface area contributed by atoms with Gasteiger partial charge >= 0.3 is 0 Å². The molecule has 2 rings (SSSR count). The van der Waals surface area contributed by atoms with E-state index in [0.29, 0.717) is 5.88 Å². The molecule has 0 fully saturated rings. The standard InChI is InChI=1S/C24H39NO2Si2/c1-8-28(9-2,10-3)21-18-20(26-7)19-22(29(11-4,12-5)13-6)24(21)27-23-16-14-15-17-25-23/h14-19H,8-13H2,1-7H3. The molecule has 1 heterocycles. The lowest BCUT2D eigenvalue weighted by Crippen LogP contribution is -2.53. The maximum absolute atomic E-state index is 6.67. The highest BCUT2D eigenvalue weighted by molar-refractivity contribution is 6.95. The zero-order valence-corrected chi connectivity index (χ0v) is 21.5. The summed E-state index contributed by atoms with van der Waals surface area (Å²) in [5.74, 6) is 2.79. The number of ether oxygens (including phenoxy) is 2. The first-order valence-electron chi connectivity index (χ1n) is 11.3. The Morgan fingerprint density at radius 2 is 1.24 bits per heavy atom. The Hall–Kier alpha value is -1.60. The first-order valence-corrected chi connectivity index (χ1v) is 16.6. The first-order chi connectivity index (χ1) is 14.0. The molecule has 1 aromatic carbocycles. The molecule has 0 amide bonds. The molecule has 0 bridgehead atoms. The highest BCUT2D eigenvalue weighted by atomic mass is 28.3. The number of hydrogen-bond acceptors (Lipinski definition) is 3. The van der Waals surface area contributed by atoms with Gasteiger partial charge in [-0.3, -0.25) is 0 Å². The molecule has 0 unspecified atom stereocenters. The van der Waals surface area contributed by atoms with Crippen LogP contribution in [0.15, 0.2) is 36.5 Å². The fourth-order valence-corrected chi connectivity index (χ4v) is 12.4. The second-order valence-corrected chi connectivity index (χ2v) is 18.4. The number of benzene rings is 1. The smallest absolute Gasteiger partial charge is 0.219 e. The van der Waals surface area contributed by atoms with Crippen LogP contribution in [0.1, 0.15) is 41.5 Å². The van der Waals surface area contributed by atoms with E-state index >= 15 is 0 Å². The van der Waals surface area contributed by atoms with E-state index in [4.69, 9.17) is 9.47 Å². The molecule has 0 atom stereocenters. The number of rotatable bonds is 11. The van der Waals surface area contributed by atoms with Gasteiger partial charge in [0.15, 0.2) is 0 Å². The van der Waals surface area contributed by atoms with Crippen molar-refractivity contribution in [3.63, 3.8) is 0 Å². The van der Waals surface area contributed by atoms with Crippen LogP contribution < -0.4 is 19.8 Å². The van der Waals surface area contributed by atoms with Crippen LogP contribution in [0.2, 0.25) is 36.3 Å². The Kier molecular flexibility index (Phi) is 8.52. The van der Waals surface area contributed by atoms with Gasteiger partial charge in [-0.2, -0.15) is 0 Å². The van der Waals surface area contributed by atoms with Crippen molar-refractivity contribution >= 4 is 26.5 Å². The van der Waals surface area contributed by atoms with E-state index in [1.807, 2.05) is 24.4 Å². The molecule has 0 radical (unpaired) electrons. The zero-order valence-electron chi connectivity index (χ0n) is 19.5. The van der Waals surface area contributed by atoms with Crippen molar-refractivity contribution in [3.8, 4) is 17.4 Å². The van der Waals surface area contributed by atoms with Gasteiger partial charge in [0, 0.05) is 12.3 Å². The number of pyridine rings is 1. The third kappa shape index (κ3) is 4.61. The van der Waals surface area contributed by atoms with Crippen LogP contribution in [0.25, 0.3) is 0 Å². The third-order valence-corrected chi connectivity index (χ3v) is 18.5. The summed E-state index contributed by atoms with van der Waals surface area (Å²) in [7, 11) is -1.60. The van der Waals surface area contributed by atoms with Gasteiger partial charge in [0.2, 0.25) is 5.88 Å². The molecule has 0 saturated heterocycles. The largest absolute Gasteiger partial charge is 0.497 e. The summed E-state index contributed by atoms with van der Waals surface area (Å²) in [5.41, 5.74) is 0. The summed E-state index contributed by atoms with van der Waals surface area (Å²) >= 11 is 0. The SMILES string of the molecule is CC[Si](CC)(CC)c1cc(OC)cc([Si](CC)(CC)CC)c1Oc1ccccn1. The van der Waals surface area contributed by atoms with Gasteiger partial charge in [-0.05, 0) is 28.6 Å². The molecule has 0 aliphatic rings. The predicted octanol–water partition coefficient (Wildman–Crippen LogP) is 6.31. The summed E-state index contributed by atoms with van der Waals surface area (Å²) in [6.07, 6.45) is 1.81. The Bertz CT molecular complexity index is 714. The molecule has 160 valence electrons. The minimum atomic E-state index is -1.70. The second kappa shape index (κ2) is 10.4. The summed E-state index contributed by atoms with van der Waals surface area (Å²) in [5, 5.41) is 2.86. The highest BCUT2D eigenvalue weighted by Gasteiger charge is 2.39. The van der Waals surface area contributed by atoms with Crippen molar-refractivity contribution < 1.29 is 9.47 Å². The Labute approximate surface area is 179 Å². The van der Waals surface area contributed by atoms with Crippen molar-refractivity contribution in [1.29, 1.82) is 0 Å². The van der Waals surface area contributed by atoms with E-state index in [0.717, 1.165) is 11.5 Å². The highest BCUT2D eigenvalue weighted by Crippen LogP contribution is 2.33. The van der Waals surface area contributed by atoms with Crippen molar-refractivity contribution in [1.82, 2.24) is 4.98 Å². The fourth-order valence-electron chi connectivity index (χ4n) is 4.77. The summed E-state index contributed by atoms with van der Waals surface area (Å²) in [6.45, 7) is 14.1. The van der Waals surface area contributed by atoms with Crippen molar-refractivity contribution in [2.75, 3.05) is 7.11 Å². The summed E-state index contributed by atoms with van der Waals surface area (Å²) in [4.78, 5) is 4.50. The van der Waals surface area contributed by atoms with Crippen molar-refractivity contribution in [3.05, 3.63) is 36.5 Å². The molecule has 0 saturated carbocycles. The molecule has 5 heteroatoms. The van der Waals surface area contributed by atoms with Gasteiger partial charge < -0.3 is 9.47 Å². The fraction of sp³-hybridized carbons (Fsp3) is 0.542. The van der Waals surface area contributed by atoms with Crippen LogP contribution in [-0.2, 0) is 0 Å². The number of nitrogens with zero attached hydrogens (tertiary/aromatic N) is 1. The Morgan fingerprint density at radius 1 is 0.759 bits per heavy atom. The number of hydrogen-bond donors (Lipinski definition) is 0. The Balaban J connectivity index is 2.88. The molecule has 29 heavy (non-hydrogen) atoms. The van der Waals surface area contributed by atoms with Gasteiger partial charge in [-0.15, -0.1) is 0 Å².